The maximum Gasteiger partial charge on any atom is 0.490 e. The van der Waals surface area contributed by atoms with Crippen molar-refractivity contribution in [3.05, 3.63) is 23.7 Å². The molecule has 3 aliphatic heterocycles. The summed E-state index contributed by atoms with van der Waals surface area (Å²) in [5, 5.41) is 7.12. The molecule has 0 saturated carbocycles. The zero-order chi connectivity index (χ0) is 23.4. The van der Waals surface area contributed by atoms with Gasteiger partial charge in [-0.25, -0.2) is 4.79 Å². The number of carbonyl (C=O) groups excluding carboxylic acids is 1. The van der Waals surface area contributed by atoms with Gasteiger partial charge in [0.15, 0.2) is 0 Å². The van der Waals surface area contributed by atoms with Gasteiger partial charge in [0.1, 0.15) is 5.76 Å². The molecule has 4 heterocycles. The second kappa shape index (κ2) is 10.2. The molecule has 0 bridgehead atoms. The first-order valence-corrected chi connectivity index (χ1v) is 10.6. The van der Waals surface area contributed by atoms with E-state index in [0.717, 1.165) is 58.7 Å². The van der Waals surface area contributed by atoms with Crippen molar-refractivity contribution in [2.24, 2.45) is 5.41 Å². The lowest BCUT2D eigenvalue weighted by molar-refractivity contribution is -0.192. The largest absolute Gasteiger partial charge is 0.490 e. The maximum atomic E-state index is 12.9. The fraction of sp³-hybridized carbons (Fsp3) is 0.714. The summed E-state index contributed by atoms with van der Waals surface area (Å²) in [4.78, 5) is 26.4. The number of carboxylic acid groups (broad SMARTS) is 1. The van der Waals surface area contributed by atoms with Gasteiger partial charge in [-0.15, -0.1) is 0 Å². The van der Waals surface area contributed by atoms with Crippen LogP contribution >= 0.6 is 0 Å². The van der Waals surface area contributed by atoms with Gasteiger partial charge in [-0.3, -0.25) is 9.69 Å². The molecule has 0 aromatic carbocycles. The van der Waals surface area contributed by atoms with Gasteiger partial charge in [0.05, 0.1) is 25.0 Å². The number of alkyl halides is 3. The molecular weight excluding hydrogens is 433 g/mol. The molecule has 3 fully saturated rings. The molecule has 8 nitrogen and oxygen atoms in total. The summed E-state index contributed by atoms with van der Waals surface area (Å²) in [5.74, 6) is -1.99. The van der Waals surface area contributed by atoms with Crippen molar-refractivity contribution >= 4 is 11.9 Å². The first-order valence-electron chi connectivity index (χ1n) is 10.6. The summed E-state index contributed by atoms with van der Waals surface area (Å²) in [5.41, 5.74) is 0.735. The number of furan rings is 1. The molecule has 1 aromatic heterocycles. The lowest BCUT2D eigenvalue weighted by Gasteiger charge is -2.35. The van der Waals surface area contributed by atoms with Crippen molar-refractivity contribution in [3.63, 3.8) is 0 Å². The molecule has 1 N–H and O–H groups in total. The molecule has 0 aliphatic carbocycles. The molecule has 1 unspecified atom stereocenters. The lowest BCUT2D eigenvalue weighted by atomic mass is 9.87. The topological polar surface area (TPSA) is 92.5 Å². The number of nitrogens with zero attached hydrogens (tertiary/aromatic N) is 2. The third-order valence-electron chi connectivity index (χ3n) is 6.23. The van der Waals surface area contributed by atoms with Crippen molar-refractivity contribution in [1.29, 1.82) is 0 Å². The number of likely N-dealkylation sites (tertiary alicyclic amines) is 1. The van der Waals surface area contributed by atoms with Crippen molar-refractivity contribution in [3.8, 4) is 0 Å². The van der Waals surface area contributed by atoms with Gasteiger partial charge < -0.3 is 23.9 Å². The standard InChI is InChI=1S/C19H28N2O4.C2HF3O2/c1-15-17(4-10-25-15)18(22)21-7-11-24-14-19(13-21)5-6-20(12-19)16-2-8-23-9-3-16;3-2(4,5)1(6)7/h4,10,16H,2-3,5-9,11-14H2,1H3;(H,6,7). The minimum absolute atomic E-state index is 0.0576. The number of aliphatic carboxylic acids is 1. The van der Waals surface area contributed by atoms with E-state index in [1.54, 1.807) is 12.3 Å². The highest BCUT2D eigenvalue weighted by molar-refractivity contribution is 5.95. The molecule has 180 valence electrons. The minimum atomic E-state index is -5.08. The van der Waals surface area contributed by atoms with Crippen molar-refractivity contribution in [2.75, 3.05) is 52.6 Å². The molecule has 1 amide bonds. The SMILES string of the molecule is Cc1occc1C(=O)N1CCOCC2(CCN(C3CCOCC3)C2)C1.O=C(O)C(F)(F)F. The van der Waals surface area contributed by atoms with Gasteiger partial charge in [0, 0.05) is 44.3 Å². The Kier molecular flexibility index (Phi) is 7.84. The van der Waals surface area contributed by atoms with Crippen LogP contribution in [0.3, 0.4) is 0 Å². The highest BCUT2D eigenvalue weighted by Crippen LogP contribution is 2.36. The first-order chi connectivity index (χ1) is 15.1. The van der Waals surface area contributed by atoms with E-state index in [-0.39, 0.29) is 11.3 Å². The average molecular weight is 462 g/mol. The molecule has 4 rings (SSSR count). The maximum absolute atomic E-state index is 12.9. The smallest absolute Gasteiger partial charge is 0.475 e. The number of amides is 1. The van der Waals surface area contributed by atoms with Crippen LogP contribution in [0.25, 0.3) is 0 Å². The molecule has 3 saturated heterocycles. The summed E-state index contributed by atoms with van der Waals surface area (Å²) >= 11 is 0. The van der Waals surface area contributed by atoms with Crippen molar-refractivity contribution in [1.82, 2.24) is 9.80 Å². The second-order valence-corrected chi connectivity index (χ2v) is 8.54. The number of carboxylic acids is 1. The Morgan fingerprint density at radius 3 is 2.41 bits per heavy atom. The number of aryl methyl sites for hydroxylation is 1. The minimum Gasteiger partial charge on any atom is -0.475 e. The molecular formula is C21H29F3N2O6. The van der Waals surface area contributed by atoms with E-state index < -0.39 is 12.1 Å². The Labute approximate surface area is 184 Å². The van der Waals surface area contributed by atoms with E-state index >= 15 is 0 Å². The normalized spacial score (nSPS) is 25.3. The van der Waals surface area contributed by atoms with Gasteiger partial charge in [-0.2, -0.15) is 13.2 Å². The lowest BCUT2D eigenvalue weighted by Crippen LogP contribution is -2.45. The third kappa shape index (κ3) is 6.02. The summed E-state index contributed by atoms with van der Waals surface area (Å²) < 4.78 is 48.5. The van der Waals surface area contributed by atoms with Crippen LogP contribution in [-0.2, 0) is 14.3 Å². The highest BCUT2D eigenvalue weighted by Gasteiger charge is 2.44. The van der Waals surface area contributed by atoms with Crippen LogP contribution in [-0.4, -0.2) is 91.6 Å². The van der Waals surface area contributed by atoms with Crippen LogP contribution in [0.5, 0.6) is 0 Å². The Bertz CT molecular complexity index is 793. The highest BCUT2D eigenvalue weighted by atomic mass is 19.4. The molecule has 0 radical (unpaired) electrons. The Morgan fingerprint density at radius 1 is 1.12 bits per heavy atom. The quantitative estimate of drug-likeness (QED) is 0.722. The van der Waals surface area contributed by atoms with E-state index in [1.165, 1.54) is 0 Å². The zero-order valence-corrected chi connectivity index (χ0v) is 18.0. The van der Waals surface area contributed by atoms with Crippen molar-refractivity contribution in [2.45, 2.75) is 38.4 Å². The predicted octanol–water partition coefficient (Wildman–Crippen LogP) is 2.56. The fourth-order valence-electron chi connectivity index (χ4n) is 4.52. The van der Waals surface area contributed by atoms with Crippen LogP contribution in [0.4, 0.5) is 13.2 Å². The Hall–Kier alpha value is -2.11. The molecule has 3 aliphatic rings. The van der Waals surface area contributed by atoms with Crippen LogP contribution in [0.15, 0.2) is 16.7 Å². The van der Waals surface area contributed by atoms with E-state index in [2.05, 4.69) is 4.90 Å². The number of hydrogen-bond donors (Lipinski definition) is 1. The zero-order valence-electron chi connectivity index (χ0n) is 18.0. The third-order valence-corrected chi connectivity index (χ3v) is 6.23. The second-order valence-electron chi connectivity index (χ2n) is 8.54. The van der Waals surface area contributed by atoms with Gasteiger partial charge in [0.2, 0.25) is 0 Å². The summed E-state index contributed by atoms with van der Waals surface area (Å²) in [7, 11) is 0. The Morgan fingerprint density at radius 2 is 1.81 bits per heavy atom. The predicted molar refractivity (Wildman–Crippen MR) is 106 cm³/mol. The average Bonchev–Trinajstić information content (AvgIpc) is 3.30. The van der Waals surface area contributed by atoms with E-state index in [0.29, 0.717) is 30.5 Å². The van der Waals surface area contributed by atoms with Crippen LogP contribution in [0, 0.1) is 12.3 Å². The number of carbonyl (C=O) groups is 2. The first kappa shape index (κ1) is 24.5. The molecule has 1 spiro atoms. The summed E-state index contributed by atoms with van der Waals surface area (Å²) in [6.45, 7) is 8.50. The Balaban J connectivity index is 0.000000360. The monoisotopic (exact) mass is 462 g/mol. The van der Waals surface area contributed by atoms with Crippen LogP contribution in [0.2, 0.25) is 0 Å². The number of hydrogen-bond acceptors (Lipinski definition) is 6. The van der Waals surface area contributed by atoms with Crippen LogP contribution in [0.1, 0.15) is 35.4 Å². The van der Waals surface area contributed by atoms with E-state index in [4.69, 9.17) is 23.8 Å². The number of halogens is 3. The summed E-state index contributed by atoms with van der Waals surface area (Å²) in [6, 6.07) is 2.40. The van der Waals surface area contributed by atoms with Gasteiger partial charge in [-0.05, 0) is 38.8 Å². The van der Waals surface area contributed by atoms with Gasteiger partial charge >= 0.3 is 12.1 Å². The fourth-order valence-corrected chi connectivity index (χ4v) is 4.52. The molecule has 32 heavy (non-hydrogen) atoms. The van der Waals surface area contributed by atoms with Gasteiger partial charge in [0.25, 0.3) is 5.91 Å². The van der Waals surface area contributed by atoms with Crippen LogP contribution < -0.4 is 0 Å². The van der Waals surface area contributed by atoms with Crippen molar-refractivity contribution < 1.29 is 41.8 Å². The van der Waals surface area contributed by atoms with E-state index in [9.17, 15) is 18.0 Å². The van der Waals surface area contributed by atoms with Gasteiger partial charge in [-0.1, -0.05) is 0 Å². The summed E-state index contributed by atoms with van der Waals surface area (Å²) in [6.07, 6.45) is -0.158. The molecule has 1 aromatic rings. The molecule has 1 atom stereocenters. The van der Waals surface area contributed by atoms with E-state index in [1.807, 2.05) is 11.8 Å². The number of rotatable bonds is 2. The number of ether oxygens (including phenoxy) is 2. The molecule has 11 heteroatoms.